The Morgan fingerprint density at radius 3 is 2.53 bits per heavy atom. The minimum absolute atomic E-state index is 0.199. The van der Waals surface area contributed by atoms with Crippen LogP contribution in [0.5, 0.6) is 0 Å². The highest BCUT2D eigenvalue weighted by Crippen LogP contribution is 2.30. The fraction of sp³-hybridized carbons (Fsp3) is 0.167. The van der Waals surface area contributed by atoms with Crippen molar-refractivity contribution in [2.75, 3.05) is 6.54 Å². The number of hydrogen-bond donors (Lipinski definition) is 2. The third kappa shape index (κ3) is 1.84. The molecular weight excluding hydrogens is 210 g/mol. The number of hydrogen-bond acceptors (Lipinski definition) is 2. The Morgan fingerprint density at radius 1 is 1.20 bits per heavy atom. The van der Waals surface area contributed by atoms with Crippen molar-refractivity contribution >= 4 is 22.4 Å². The second-order valence-electron chi connectivity index (χ2n) is 3.44. The fourth-order valence-electron chi connectivity index (χ4n) is 1.73. The minimum Gasteiger partial charge on any atom is -0.387 e. The molecule has 0 spiro atoms. The molecule has 2 nitrogen and oxygen atoms in total. The molecule has 0 aliphatic carbocycles. The van der Waals surface area contributed by atoms with Crippen LogP contribution in [0.25, 0.3) is 10.8 Å². The normalized spacial score (nSPS) is 13.0. The van der Waals surface area contributed by atoms with Gasteiger partial charge in [-0.2, -0.15) is 0 Å². The maximum absolute atomic E-state index is 9.77. The van der Waals surface area contributed by atoms with E-state index in [0.717, 1.165) is 16.3 Å². The molecule has 0 saturated carbocycles. The van der Waals surface area contributed by atoms with E-state index in [0.29, 0.717) is 5.02 Å². The summed E-state index contributed by atoms with van der Waals surface area (Å²) in [4.78, 5) is 0. The van der Waals surface area contributed by atoms with Crippen LogP contribution >= 0.6 is 11.6 Å². The number of fused-ring (bicyclic) bond motifs is 1. The fourth-order valence-corrected chi connectivity index (χ4v) is 2.02. The van der Waals surface area contributed by atoms with Gasteiger partial charge in [0.2, 0.25) is 0 Å². The van der Waals surface area contributed by atoms with Gasteiger partial charge in [-0.3, -0.25) is 0 Å². The van der Waals surface area contributed by atoms with Gasteiger partial charge in [0.15, 0.2) is 0 Å². The Labute approximate surface area is 93.3 Å². The third-order valence-corrected chi connectivity index (χ3v) is 2.78. The van der Waals surface area contributed by atoms with Gasteiger partial charge in [-0.15, -0.1) is 0 Å². The van der Waals surface area contributed by atoms with E-state index in [2.05, 4.69) is 0 Å². The molecule has 0 radical (unpaired) electrons. The maximum atomic E-state index is 9.77. The van der Waals surface area contributed by atoms with Gasteiger partial charge >= 0.3 is 0 Å². The molecule has 0 amide bonds. The second kappa shape index (κ2) is 4.19. The Hall–Kier alpha value is -1.09. The molecular formula is C12H12ClNO. The second-order valence-corrected chi connectivity index (χ2v) is 3.84. The SMILES string of the molecule is NC[C@H](O)c1cccc2cccc(Cl)c12. The van der Waals surface area contributed by atoms with Gasteiger partial charge in [-0.25, -0.2) is 0 Å². The van der Waals surface area contributed by atoms with E-state index in [1.54, 1.807) is 0 Å². The van der Waals surface area contributed by atoms with E-state index < -0.39 is 6.10 Å². The minimum atomic E-state index is -0.659. The molecule has 0 aromatic heterocycles. The van der Waals surface area contributed by atoms with Gasteiger partial charge in [0.1, 0.15) is 0 Å². The molecule has 2 rings (SSSR count). The number of nitrogens with two attached hydrogens (primary N) is 1. The predicted molar refractivity (Wildman–Crippen MR) is 63.0 cm³/mol. The summed E-state index contributed by atoms with van der Waals surface area (Å²) in [7, 11) is 0. The number of benzene rings is 2. The van der Waals surface area contributed by atoms with E-state index in [1.165, 1.54) is 0 Å². The molecule has 3 N–H and O–H groups in total. The van der Waals surface area contributed by atoms with E-state index in [1.807, 2.05) is 36.4 Å². The Kier molecular flexibility index (Phi) is 2.91. The van der Waals surface area contributed by atoms with Crippen molar-refractivity contribution < 1.29 is 5.11 Å². The van der Waals surface area contributed by atoms with E-state index in [4.69, 9.17) is 17.3 Å². The summed E-state index contributed by atoms with van der Waals surface area (Å²) in [6, 6.07) is 11.4. The lowest BCUT2D eigenvalue weighted by atomic mass is 10.0. The van der Waals surface area contributed by atoms with Crippen LogP contribution in [0.3, 0.4) is 0 Å². The van der Waals surface area contributed by atoms with Gasteiger partial charge < -0.3 is 10.8 Å². The van der Waals surface area contributed by atoms with Gasteiger partial charge in [-0.05, 0) is 17.0 Å². The molecule has 0 bridgehead atoms. The average Bonchev–Trinajstić information content (AvgIpc) is 2.28. The summed E-state index contributed by atoms with van der Waals surface area (Å²) < 4.78 is 0. The van der Waals surface area contributed by atoms with Crippen LogP contribution in [0.15, 0.2) is 36.4 Å². The molecule has 15 heavy (non-hydrogen) atoms. The molecule has 0 aliphatic heterocycles. The van der Waals surface area contributed by atoms with Crippen molar-refractivity contribution in [2.24, 2.45) is 5.73 Å². The van der Waals surface area contributed by atoms with Crippen LogP contribution in [-0.2, 0) is 0 Å². The van der Waals surface area contributed by atoms with Crippen molar-refractivity contribution in [3.8, 4) is 0 Å². The molecule has 0 saturated heterocycles. The van der Waals surface area contributed by atoms with E-state index >= 15 is 0 Å². The Balaban J connectivity index is 2.74. The van der Waals surface area contributed by atoms with Gasteiger partial charge in [0.25, 0.3) is 0 Å². The van der Waals surface area contributed by atoms with E-state index in [-0.39, 0.29) is 6.54 Å². The first-order valence-corrected chi connectivity index (χ1v) is 5.17. The lowest BCUT2D eigenvalue weighted by Gasteiger charge is -2.12. The molecule has 1 atom stereocenters. The largest absolute Gasteiger partial charge is 0.387 e. The summed E-state index contributed by atoms with van der Waals surface area (Å²) in [6.07, 6.45) is -0.659. The van der Waals surface area contributed by atoms with Crippen LogP contribution in [-0.4, -0.2) is 11.7 Å². The summed E-state index contributed by atoms with van der Waals surface area (Å²) in [5.41, 5.74) is 6.24. The summed E-state index contributed by atoms with van der Waals surface area (Å²) in [5.74, 6) is 0. The number of rotatable bonds is 2. The topological polar surface area (TPSA) is 46.2 Å². The zero-order valence-electron chi connectivity index (χ0n) is 8.15. The maximum Gasteiger partial charge on any atom is 0.0918 e. The number of aliphatic hydroxyl groups excluding tert-OH is 1. The molecule has 2 aromatic carbocycles. The number of aliphatic hydroxyl groups is 1. The first-order chi connectivity index (χ1) is 7.24. The monoisotopic (exact) mass is 221 g/mol. The number of halogens is 1. The highest BCUT2D eigenvalue weighted by molar-refractivity contribution is 6.35. The van der Waals surface area contributed by atoms with Crippen LogP contribution in [0.4, 0.5) is 0 Å². The highest BCUT2D eigenvalue weighted by Gasteiger charge is 2.11. The van der Waals surface area contributed by atoms with Crippen LogP contribution in [0.2, 0.25) is 5.02 Å². The molecule has 78 valence electrons. The van der Waals surface area contributed by atoms with Crippen LogP contribution < -0.4 is 5.73 Å². The molecule has 0 aliphatic rings. The van der Waals surface area contributed by atoms with Gasteiger partial charge in [0.05, 0.1) is 6.10 Å². The highest BCUT2D eigenvalue weighted by atomic mass is 35.5. The zero-order chi connectivity index (χ0) is 10.8. The molecule has 2 aromatic rings. The Morgan fingerprint density at radius 2 is 1.87 bits per heavy atom. The molecule has 0 unspecified atom stereocenters. The molecule has 0 heterocycles. The van der Waals surface area contributed by atoms with Crippen molar-refractivity contribution in [1.29, 1.82) is 0 Å². The quantitative estimate of drug-likeness (QED) is 0.819. The first kappa shape index (κ1) is 10.4. The standard InChI is InChI=1S/C12H12ClNO/c13-10-6-2-4-8-3-1-5-9(12(8)10)11(15)7-14/h1-6,11,15H,7,14H2/t11-/m0/s1. The lowest BCUT2D eigenvalue weighted by Crippen LogP contribution is -2.11. The van der Waals surface area contributed by atoms with Gasteiger partial charge in [0, 0.05) is 17.0 Å². The van der Waals surface area contributed by atoms with Gasteiger partial charge in [-0.1, -0.05) is 41.9 Å². The first-order valence-electron chi connectivity index (χ1n) is 4.79. The van der Waals surface area contributed by atoms with Crippen molar-refractivity contribution in [3.63, 3.8) is 0 Å². The summed E-state index contributed by atoms with van der Waals surface area (Å²) in [5, 5.41) is 12.3. The zero-order valence-corrected chi connectivity index (χ0v) is 8.91. The van der Waals surface area contributed by atoms with E-state index in [9.17, 15) is 5.11 Å². The molecule has 0 fully saturated rings. The summed E-state index contributed by atoms with van der Waals surface area (Å²) >= 11 is 6.11. The van der Waals surface area contributed by atoms with Crippen molar-refractivity contribution in [2.45, 2.75) is 6.10 Å². The predicted octanol–water partition coefficient (Wildman–Crippen LogP) is 2.49. The van der Waals surface area contributed by atoms with Crippen LogP contribution in [0.1, 0.15) is 11.7 Å². The lowest BCUT2D eigenvalue weighted by molar-refractivity contribution is 0.188. The smallest absolute Gasteiger partial charge is 0.0918 e. The average molecular weight is 222 g/mol. The van der Waals surface area contributed by atoms with Crippen LogP contribution in [0, 0.1) is 0 Å². The Bertz CT molecular complexity index is 479. The molecule has 3 heteroatoms. The third-order valence-electron chi connectivity index (χ3n) is 2.47. The van der Waals surface area contributed by atoms with Crippen molar-refractivity contribution in [3.05, 3.63) is 47.0 Å². The van der Waals surface area contributed by atoms with Crippen molar-refractivity contribution in [1.82, 2.24) is 0 Å². The summed E-state index contributed by atoms with van der Waals surface area (Å²) in [6.45, 7) is 0.199.